The Bertz CT molecular complexity index is 507. The molecule has 0 aliphatic rings. The van der Waals surface area contributed by atoms with Crippen LogP contribution in [0.1, 0.15) is 23.0 Å². The van der Waals surface area contributed by atoms with Gasteiger partial charge in [0, 0.05) is 18.9 Å². The third kappa shape index (κ3) is 2.18. The number of halogens is 1. The number of aromatic nitrogens is 3. The van der Waals surface area contributed by atoms with Crippen LogP contribution in [0.5, 0.6) is 0 Å². The number of nitrogens with zero attached hydrogens (tertiary/aromatic N) is 3. The quantitative estimate of drug-likeness (QED) is 0.908. The molecule has 0 spiro atoms. The lowest BCUT2D eigenvalue weighted by Gasteiger charge is -2.17. The molecule has 4 nitrogen and oxygen atoms in total. The summed E-state index contributed by atoms with van der Waals surface area (Å²) in [6, 6.07) is 3.87. The Hall–Kier alpha value is -1.39. The molecule has 0 amide bonds. The second kappa shape index (κ2) is 4.85. The van der Waals surface area contributed by atoms with Gasteiger partial charge >= 0.3 is 0 Å². The van der Waals surface area contributed by atoms with Gasteiger partial charge in [0.1, 0.15) is 0 Å². The molecule has 2 aromatic heterocycles. The Morgan fingerprint density at radius 3 is 2.71 bits per heavy atom. The number of nitrogens with two attached hydrogens (primary N) is 1. The molecule has 1 unspecified atom stereocenters. The average molecular weight is 251 g/mol. The molecule has 90 valence electrons. The number of aryl methyl sites for hydroxylation is 1. The molecule has 2 N–H and O–H groups in total. The highest BCUT2D eigenvalue weighted by Gasteiger charge is 2.18. The third-order valence-electron chi connectivity index (χ3n) is 2.82. The first kappa shape index (κ1) is 12.1. The monoisotopic (exact) mass is 250 g/mol. The fourth-order valence-corrected chi connectivity index (χ4v) is 2.02. The van der Waals surface area contributed by atoms with Crippen LogP contribution in [0.4, 0.5) is 0 Å². The van der Waals surface area contributed by atoms with Gasteiger partial charge in [-0.25, -0.2) is 0 Å². The smallest absolute Gasteiger partial charge is 0.0909 e. The van der Waals surface area contributed by atoms with Gasteiger partial charge in [-0.2, -0.15) is 5.10 Å². The van der Waals surface area contributed by atoms with Gasteiger partial charge in [0.25, 0.3) is 0 Å². The van der Waals surface area contributed by atoms with Crippen LogP contribution in [-0.4, -0.2) is 21.3 Å². The highest BCUT2D eigenvalue weighted by atomic mass is 35.5. The van der Waals surface area contributed by atoms with Crippen LogP contribution in [0.15, 0.2) is 24.5 Å². The second-order valence-electron chi connectivity index (χ2n) is 3.97. The molecule has 0 aromatic carbocycles. The van der Waals surface area contributed by atoms with Gasteiger partial charge in [0.05, 0.1) is 22.5 Å². The fraction of sp³-hybridized carbons (Fsp3) is 0.333. The molecule has 5 heteroatoms. The minimum absolute atomic E-state index is 0.0186. The molecule has 0 bridgehead atoms. The number of hydrogen-bond acceptors (Lipinski definition) is 3. The molecule has 0 aliphatic carbocycles. The van der Waals surface area contributed by atoms with E-state index < -0.39 is 0 Å². The molecule has 0 radical (unpaired) electrons. The largest absolute Gasteiger partial charge is 0.328 e. The molecule has 1 atom stereocenters. The Morgan fingerprint density at radius 2 is 2.24 bits per heavy atom. The van der Waals surface area contributed by atoms with Gasteiger partial charge in [-0.15, -0.1) is 0 Å². The SMILES string of the molecule is Cc1nn(C(CN)c2cccnc2)c(C)c1Cl. The second-order valence-corrected chi connectivity index (χ2v) is 4.35. The van der Waals surface area contributed by atoms with Crippen molar-refractivity contribution >= 4 is 11.6 Å². The average Bonchev–Trinajstić information content (AvgIpc) is 2.60. The van der Waals surface area contributed by atoms with E-state index in [1.165, 1.54) is 0 Å². The number of hydrogen-bond donors (Lipinski definition) is 1. The summed E-state index contributed by atoms with van der Waals surface area (Å²) in [4.78, 5) is 4.11. The van der Waals surface area contributed by atoms with Crippen LogP contribution in [0.2, 0.25) is 5.02 Å². The van der Waals surface area contributed by atoms with E-state index in [0.717, 1.165) is 17.0 Å². The van der Waals surface area contributed by atoms with Gasteiger partial charge < -0.3 is 5.73 Å². The lowest BCUT2D eigenvalue weighted by Crippen LogP contribution is -2.22. The third-order valence-corrected chi connectivity index (χ3v) is 3.37. The molecule has 2 heterocycles. The van der Waals surface area contributed by atoms with Crippen LogP contribution in [0, 0.1) is 13.8 Å². The van der Waals surface area contributed by atoms with E-state index >= 15 is 0 Å². The molecular weight excluding hydrogens is 236 g/mol. The lowest BCUT2D eigenvalue weighted by molar-refractivity contribution is 0.515. The van der Waals surface area contributed by atoms with Crippen LogP contribution in [0.25, 0.3) is 0 Å². The van der Waals surface area contributed by atoms with Crippen LogP contribution < -0.4 is 5.73 Å². The summed E-state index contributed by atoms with van der Waals surface area (Å²) in [6.45, 7) is 4.30. The van der Waals surface area contributed by atoms with Gasteiger partial charge in [-0.3, -0.25) is 9.67 Å². The van der Waals surface area contributed by atoms with E-state index in [9.17, 15) is 0 Å². The summed E-state index contributed by atoms with van der Waals surface area (Å²) >= 11 is 6.15. The minimum atomic E-state index is -0.0186. The summed E-state index contributed by atoms with van der Waals surface area (Å²) in [5.41, 5.74) is 8.63. The zero-order valence-electron chi connectivity index (χ0n) is 9.89. The van der Waals surface area contributed by atoms with Gasteiger partial charge in [0.2, 0.25) is 0 Å². The fourth-order valence-electron chi connectivity index (χ4n) is 1.90. The zero-order chi connectivity index (χ0) is 12.4. The van der Waals surface area contributed by atoms with Crippen molar-refractivity contribution in [3.8, 4) is 0 Å². The number of rotatable bonds is 3. The molecule has 17 heavy (non-hydrogen) atoms. The van der Waals surface area contributed by atoms with Crippen molar-refractivity contribution < 1.29 is 0 Å². The predicted molar refractivity (Wildman–Crippen MR) is 68.1 cm³/mol. The maximum absolute atomic E-state index is 6.15. The summed E-state index contributed by atoms with van der Waals surface area (Å²) in [6.07, 6.45) is 3.55. The molecule has 2 aromatic rings. The predicted octanol–water partition coefficient (Wildman–Crippen LogP) is 2.10. The summed E-state index contributed by atoms with van der Waals surface area (Å²) < 4.78 is 1.87. The van der Waals surface area contributed by atoms with E-state index in [2.05, 4.69) is 10.1 Å². The van der Waals surface area contributed by atoms with E-state index in [0.29, 0.717) is 11.6 Å². The van der Waals surface area contributed by atoms with Gasteiger partial charge in [-0.1, -0.05) is 17.7 Å². The Balaban J connectivity index is 2.46. The Morgan fingerprint density at radius 1 is 1.47 bits per heavy atom. The molecule has 0 fully saturated rings. The summed E-state index contributed by atoms with van der Waals surface area (Å²) in [5.74, 6) is 0. The maximum Gasteiger partial charge on any atom is 0.0909 e. The Kier molecular flexibility index (Phi) is 3.45. The standard InChI is InChI=1S/C12H15ClN4/c1-8-12(13)9(2)17(16-8)11(6-14)10-4-3-5-15-7-10/h3-5,7,11H,6,14H2,1-2H3. The normalized spacial score (nSPS) is 12.7. The highest BCUT2D eigenvalue weighted by Crippen LogP contribution is 2.24. The van der Waals surface area contributed by atoms with Crippen LogP contribution in [0.3, 0.4) is 0 Å². The van der Waals surface area contributed by atoms with Gasteiger partial charge in [0.15, 0.2) is 0 Å². The van der Waals surface area contributed by atoms with Crippen molar-refractivity contribution in [3.63, 3.8) is 0 Å². The van der Waals surface area contributed by atoms with E-state index in [-0.39, 0.29) is 6.04 Å². The zero-order valence-corrected chi connectivity index (χ0v) is 10.6. The van der Waals surface area contributed by atoms with Crippen molar-refractivity contribution in [2.24, 2.45) is 5.73 Å². The van der Waals surface area contributed by atoms with E-state index in [1.54, 1.807) is 6.20 Å². The summed E-state index contributed by atoms with van der Waals surface area (Å²) in [7, 11) is 0. The lowest BCUT2D eigenvalue weighted by atomic mass is 10.1. The van der Waals surface area contributed by atoms with Crippen LogP contribution >= 0.6 is 11.6 Å². The van der Waals surface area contributed by atoms with Crippen LogP contribution in [-0.2, 0) is 0 Å². The minimum Gasteiger partial charge on any atom is -0.328 e. The van der Waals surface area contributed by atoms with Crippen molar-refractivity contribution in [1.82, 2.24) is 14.8 Å². The van der Waals surface area contributed by atoms with Gasteiger partial charge in [-0.05, 0) is 25.5 Å². The van der Waals surface area contributed by atoms with Crippen molar-refractivity contribution in [2.75, 3.05) is 6.54 Å². The molecule has 0 saturated carbocycles. The molecule has 0 aliphatic heterocycles. The maximum atomic E-state index is 6.15. The Labute approximate surface area is 105 Å². The van der Waals surface area contributed by atoms with E-state index in [4.69, 9.17) is 17.3 Å². The molecular formula is C12H15ClN4. The first-order valence-electron chi connectivity index (χ1n) is 5.46. The highest BCUT2D eigenvalue weighted by molar-refractivity contribution is 6.31. The van der Waals surface area contributed by atoms with Crippen molar-refractivity contribution in [3.05, 3.63) is 46.5 Å². The number of pyridine rings is 1. The van der Waals surface area contributed by atoms with E-state index in [1.807, 2.05) is 36.9 Å². The molecule has 0 saturated heterocycles. The summed E-state index contributed by atoms with van der Waals surface area (Å²) in [5, 5.41) is 5.14. The van der Waals surface area contributed by atoms with Crippen molar-refractivity contribution in [1.29, 1.82) is 0 Å². The first-order chi connectivity index (χ1) is 8.15. The molecule has 2 rings (SSSR count). The van der Waals surface area contributed by atoms with Crippen molar-refractivity contribution in [2.45, 2.75) is 19.9 Å². The topological polar surface area (TPSA) is 56.7 Å². The first-order valence-corrected chi connectivity index (χ1v) is 5.84.